The van der Waals surface area contributed by atoms with E-state index in [9.17, 15) is 9.59 Å². The highest BCUT2D eigenvalue weighted by atomic mass is 16.2. The Morgan fingerprint density at radius 2 is 1.75 bits per heavy atom. The van der Waals surface area contributed by atoms with Gasteiger partial charge >= 0.3 is 12.1 Å². The van der Waals surface area contributed by atoms with E-state index in [1.165, 1.54) is 4.90 Å². The van der Waals surface area contributed by atoms with Crippen LogP contribution in [0, 0.1) is 0 Å². The monoisotopic (exact) mass is 174 g/mol. The molecule has 70 valence electrons. The van der Waals surface area contributed by atoms with Crippen molar-refractivity contribution in [3.05, 3.63) is 0 Å². The fourth-order valence-electron chi connectivity index (χ4n) is 0.513. The smallest absolute Gasteiger partial charge is 0.316 e. The highest BCUT2D eigenvalue weighted by Gasteiger charge is 2.00. The van der Waals surface area contributed by atoms with Crippen LogP contribution in [0.5, 0.6) is 0 Å². The average Bonchev–Trinajstić information content (AvgIpc) is 1.97. The maximum absolute atomic E-state index is 10.9. The van der Waals surface area contributed by atoms with Crippen molar-refractivity contribution in [1.82, 2.24) is 15.5 Å². The Labute approximate surface area is 71.1 Å². The van der Waals surface area contributed by atoms with E-state index >= 15 is 0 Å². The molecule has 0 aromatic heterocycles. The molecular formula is C6H14N4O2. The van der Waals surface area contributed by atoms with Crippen LogP contribution in [-0.4, -0.2) is 44.1 Å². The molecule has 0 saturated heterocycles. The molecule has 0 rings (SSSR count). The Bertz CT molecular complexity index is 169. The number of carbonyl (C=O) groups excluding carboxylic acids is 2. The van der Waals surface area contributed by atoms with Crippen LogP contribution in [0.1, 0.15) is 0 Å². The van der Waals surface area contributed by atoms with Crippen LogP contribution < -0.4 is 16.4 Å². The molecule has 0 aliphatic heterocycles. The van der Waals surface area contributed by atoms with Crippen LogP contribution >= 0.6 is 0 Å². The van der Waals surface area contributed by atoms with Crippen molar-refractivity contribution < 1.29 is 9.59 Å². The highest BCUT2D eigenvalue weighted by molar-refractivity contribution is 5.74. The summed E-state index contributed by atoms with van der Waals surface area (Å²) in [6, 6.07) is -0.782. The van der Waals surface area contributed by atoms with E-state index in [0.717, 1.165) is 0 Å². The molecule has 6 nitrogen and oxygen atoms in total. The maximum atomic E-state index is 10.9. The van der Waals surface area contributed by atoms with Crippen molar-refractivity contribution in [2.75, 3.05) is 27.2 Å². The van der Waals surface area contributed by atoms with E-state index in [-0.39, 0.29) is 6.03 Å². The van der Waals surface area contributed by atoms with Crippen LogP contribution in [0.2, 0.25) is 0 Å². The first-order valence-corrected chi connectivity index (χ1v) is 3.52. The number of urea groups is 2. The summed E-state index contributed by atoms with van der Waals surface area (Å²) >= 11 is 0. The third-order valence-corrected chi connectivity index (χ3v) is 1.11. The topological polar surface area (TPSA) is 87.5 Å². The first kappa shape index (κ1) is 10.5. The molecule has 12 heavy (non-hydrogen) atoms. The van der Waals surface area contributed by atoms with Gasteiger partial charge in [0.25, 0.3) is 0 Å². The number of nitrogens with zero attached hydrogens (tertiary/aromatic N) is 1. The summed E-state index contributed by atoms with van der Waals surface area (Å²) in [5.41, 5.74) is 4.80. The second kappa shape index (κ2) is 5.22. The average molecular weight is 174 g/mol. The lowest BCUT2D eigenvalue weighted by molar-refractivity contribution is 0.217. The molecule has 4 amide bonds. The SMILES string of the molecule is CN(C)C(=O)NCCNC(N)=O. The molecule has 0 aromatic rings. The van der Waals surface area contributed by atoms with Crippen LogP contribution in [0.3, 0.4) is 0 Å². The summed E-state index contributed by atoms with van der Waals surface area (Å²) in [5.74, 6) is 0. The molecule has 0 heterocycles. The van der Waals surface area contributed by atoms with E-state index in [1.807, 2.05) is 0 Å². The molecule has 0 fully saturated rings. The van der Waals surface area contributed by atoms with E-state index < -0.39 is 6.03 Å². The minimum atomic E-state index is -0.589. The quantitative estimate of drug-likeness (QED) is 0.475. The van der Waals surface area contributed by atoms with Crippen LogP contribution in [-0.2, 0) is 0 Å². The summed E-state index contributed by atoms with van der Waals surface area (Å²) in [7, 11) is 3.27. The van der Waals surface area contributed by atoms with E-state index in [4.69, 9.17) is 5.73 Å². The summed E-state index contributed by atoms with van der Waals surface area (Å²) < 4.78 is 0. The number of primary amides is 1. The number of carbonyl (C=O) groups is 2. The molecule has 0 spiro atoms. The van der Waals surface area contributed by atoms with Crippen molar-refractivity contribution in [3.63, 3.8) is 0 Å². The molecule has 0 aliphatic carbocycles. The van der Waals surface area contributed by atoms with Gasteiger partial charge in [0.05, 0.1) is 0 Å². The Morgan fingerprint density at radius 3 is 2.17 bits per heavy atom. The van der Waals surface area contributed by atoms with Gasteiger partial charge in [0, 0.05) is 27.2 Å². The number of nitrogens with one attached hydrogen (secondary N) is 2. The largest absolute Gasteiger partial charge is 0.352 e. The standard InChI is InChI=1S/C6H14N4O2/c1-10(2)6(12)9-4-3-8-5(7)11/h3-4H2,1-2H3,(H,9,12)(H3,7,8,11). The zero-order chi connectivity index (χ0) is 9.56. The minimum absolute atomic E-state index is 0.193. The van der Waals surface area contributed by atoms with Gasteiger partial charge in [-0.25, -0.2) is 9.59 Å². The third kappa shape index (κ3) is 5.33. The molecule has 0 radical (unpaired) electrons. The number of nitrogens with two attached hydrogens (primary N) is 1. The van der Waals surface area contributed by atoms with Gasteiger partial charge in [0.2, 0.25) is 0 Å². The third-order valence-electron chi connectivity index (χ3n) is 1.11. The van der Waals surface area contributed by atoms with Gasteiger partial charge in [0.1, 0.15) is 0 Å². The van der Waals surface area contributed by atoms with Crippen molar-refractivity contribution in [2.45, 2.75) is 0 Å². The van der Waals surface area contributed by atoms with Crippen molar-refractivity contribution >= 4 is 12.1 Å². The van der Waals surface area contributed by atoms with E-state index in [2.05, 4.69) is 10.6 Å². The van der Waals surface area contributed by atoms with E-state index in [1.54, 1.807) is 14.1 Å². The van der Waals surface area contributed by atoms with Crippen molar-refractivity contribution in [3.8, 4) is 0 Å². The fraction of sp³-hybridized carbons (Fsp3) is 0.667. The number of hydrogen-bond acceptors (Lipinski definition) is 2. The zero-order valence-corrected chi connectivity index (χ0v) is 7.26. The molecule has 0 aromatic carbocycles. The van der Waals surface area contributed by atoms with Crippen molar-refractivity contribution in [2.24, 2.45) is 5.73 Å². The lowest BCUT2D eigenvalue weighted by Gasteiger charge is -2.11. The predicted molar refractivity (Wildman–Crippen MR) is 44.7 cm³/mol. The van der Waals surface area contributed by atoms with Crippen LogP contribution in [0.25, 0.3) is 0 Å². The van der Waals surface area contributed by atoms with Gasteiger partial charge in [-0.1, -0.05) is 0 Å². The lowest BCUT2D eigenvalue weighted by atomic mass is 10.6. The predicted octanol–water partition coefficient (Wildman–Crippen LogP) is -1.07. The number of amides is 4. The van der Waals surface area contributed by atoms with Crippen LogP contribution in [0.15, 0.2) is 0 Å². The van der Waals surface area contributed by atoms with E-state index in [0.29, 0.717) is 13.1 Å². The summed E-state index contributed by atoms with van der Waals surface area (Å²) in [4.78, 5) is 22.4. The maximum Gasteiger partial charge on any atom is 0.316 e. The number of hydrogen-bond donors (Lipinski definition) is 3. The number of rotatable bonds is 3. The van der Waals surface area contributed by atoms with Gasteiger partial charge in [0.15, 0.2) is 0 Å². The van der Waals surface area contributed by atoms with Gasteiger partial charge in [-0.2, -0.15) is 0 Å². The van der Waals surface area contributed by atoms with Gasteiger partial charge < -0.3 is 21.3 Å². The van der Waals surface area contributed by atoms with Crippen molar-refractivity contribution in [1.29, 1.82) is 0 Å². The summed E-state index contributed by atoms with van der Waals surface area (Å²) in [6.07, 6.45) is 0. The second-order valence-electron chi connectivity index (χ2n) is 2.42. The molecule has 0 saturated carbocycles. The Balaban J connectivity index is 3.32. The lowest BCUT2D eigenvalue weighted by Crippen LogP contribution is -2.40. The molecule has 0 bridgehead atoms. The fourth-order valence-corrected chi connectivity index (χ4v) is 0.513. The molecule has 6 heteroatoms. The minimum Gasteiger partial charge on any atom is -0.352 e. The molecule has 0 unspecified atom stereocenters. The molecule has 0 aliphatic rings. The van der Waals surface area contributed by atoms with Crippen LogP contribution in [0.4, 0.5) is 9.59 Å². The summed E-state index contributed by atoms with van der Waals surface area (Å²) in [5, 5.41) is 4.90. The zero-order valence-electron chi connectivity index (χ0n) is 7.26. The first-order chi connectivity index (χ1) is 5.54. The Morgan fingerprint density at radius 1 is 1.25 bits per heavy atom. The Kier molecular flexibility index (Phi) is 4.59. The molecular weight excluding hydrogens is 160 g/mol. The first-order valence-electron chi connectivity index (χ1n) is 3.52. The molecule has 4 N–H and O–H groups in total. The van der Waals surface area contributed by atoms with Gasteiger partial charge in [-0.05, 0) is 0 Å². The van der Waals surface area contributed by atoms with Gasteiger partial charge in [-0.15, -0.1) is 0 Å². The highest BCUT2D eigenvalue weighted by Crippen LogP contribution is 1.74. The summed E-state index contributed by atoms with van der Waals surface area (Å²) in [6.45, 7) is 0.717. The Hall–Kier alpha value is -1.46. The molecule has 0 atom stereocenters. The van der Waals surface area contributed by atoms with Gasteiger partial charge in [-0.3, -0.25) is 0 Å². The normalized spacial score (nSPS) is 8.83. The second-order valence-corrected chi connectivity index (χ2v) is 2.42.